The molecule has 10 heteroatoms. The van der Waals surface area contributed by atoms with E-state index >= 15 is 0 Å². The number of thiazole rings is 1. The third kappa shape index (κ3) is 5.14. The van der Waals surface area contributed by atoms with Crippen molar-refractivity contribution in [2.75, 3.05) is 10.6 Å². The number of nitrogens with zero attached hydrogens (tertiary/aromatic N) is 4. The lowest BCUT2D eigenvalue weighted by molar-refractivity contribution is -0.116. The highest BCUT2D eigenvalue weighted by molar-refractivity contribution is 8.00. The molecule has 0 aliphatic rings. The van der Waals surface area contributed by atoms with E-state index in [4.69, 9.17) is 0 Å². The number of carbonyl (C=O) groups excluding carboxylic acids is 2. The van der Waals surface area contributed by atoms with Crippen LogP contribution in [-0.2, 0) is 23.1 Å². The topological polar surface area (TPSA) is 102 Å². The highest BCUT2D eigenvalue weighted by atomic mass is 32.2. The Labute approximate surface area is 164 Å². The molecule has 0 bridgehead atoms. The van der Waals surface area contributed by atoms with Crippen LogP contribution in [-0.4, -0.2) is 36.8 Å². The zero-order valence-corrected chi connectivity index (χ0v) is 16.4. The van der Waals surface area contributed by atoms with Gasteiger partial charge in [0.1, 0.15) is 5.82 Å². The lowest BCUT2D eigenvalue weighted by Gasteiger charge is -2.10. The molecule has 2 N–H and O–H groups in total. The van der Waals surface area contributed by atoms with Crippen molar-refractivity contribution in [3.05, 3.63) is 47.7 Å². The third-order valence-corrected chi connectivity index (χ3v) is 5.44. The van der Waals surface area contributed by atoms with Crippen molar-refractivity contribution in [1.82, 2.24) is 19.7 Å². The molecule has 0 radical (unpaired) electrons. The summed E-state index contributed by atoms with van der Waals surface area (Å²) >= 11 is 2.63. The van der Waals surface area contributed by atoms with Crippen molar-refractivity contribution in [3.8, 4) is 0 Å². The van der Waals surface area contributed by atoms with Gasteiger partial charge in [0, 0.05) is 24.3 Å². The molecule has 2 heterocycles. The molecule has 0 aliphatic heterocycles. The second-order valence-electron chi connectivity index (χ2n) is 5.64. The second kappa shape index (κ2) is 8.78. The van der Waals surface area contributed by atoms with Crippen molar-refractivity contribution in [2.24, 2.45) is 7.05 Å². The van der Waals surface area contributed by atoms with Crippen LogP contribution in [0, 0.1) is 0 Å². The fourth-order valence-electron chi connectivity index (χ4n) is 2.18. The van der Waals surface area contributed by atoms with Crippen molar-refractivity contribution < 1.29 is 9.59 Å². The number of hydrogen-bond donors (Lipinski definition) is 2. The van der Waals surface area contributed by atoms with E-state index in [1.54, 1.807) is 30.1 Å². The fraction of sp³-hybridized carbons (Fsp3) is 0.235. The summed E-state index contributed by atoms with van der Waals surface area (Å²) in [6.07, 6.45) is 1.73. The summed E-state index contributed by atoms with van der Waals surface area (Å²) in [5.41, 5.74) is 0.728. The monoisotopic (exact) mass is 402 g/mol. The SMILES string of the molecule is C[C@@H](Sc1nnc(CC(=O)Nc2ccccc2)n1C)C(=O)Nc1nccs1. The van der Waals surface area contributed by atoms with Crippen LogP contribution in [0.3, 0.4) is 0 Å². The molecule has 3 rings (SSSR count). The summed E-state index contributed by atoms with van der Waals surface area (Å²) in [6.45, 7) is 1.78. The van der Waals surface area contributed by atoms with Crippen LogP contribution < -0.4 is 10.6 Å². The highest BCUT2D eigenvalue weighted by Crippen LogP contribution is 2.23. The Morgan fingerprint density at radius 2 is 2.00 bits per heavy atom. The number of amides is 2. The molecule has 0 aliphatic carbocycles. The average Bonchev–Trinajstić information content (AvgIpc) is 3.27. The first-order chi connectivity index (χ1) is 13.0. The zero-order valence-electron chi connectivity index (χ0n) is 14.7. The number of hydrogen-bond acceptors (Lipinski definition) is 7. The smallest absolute Gasteiger partial charge is 0.239 e. The Balaban J connectivity index is 1.57. The van der Waals surface area contributed by atoms with E-state index in [1.807, 2.05) is 30.3 Å². The minimum absolute atomic E-state index is 0.0959. The maximum atomic E-state index is 12.2. The van der Waals surface area contributed by atoms with Crippen molar-refractivity contribution in [3.63, 3.8) is 0 Å². The number of para-hydroxylation sites is 1. The van der Waals surface area contributed by atoms with Gasteiger partial charge in [-0.25, -0.2) is 4.98 Å². The molecular weight excluding hydrogens is 384 g/mol. The van der Waals surface area contributed by atoms with Gasteiger partial charge >= 0.3 is 0 Å². The Morgan fingerprint density at radius 1 is 1.22 bits per heavy atom. The van der Waals surface area contributed by atoms with E-state index in [2.05, 4.69) is 25.8 Å². The highest BCUT2D eigenvalue weighted by Gasteiger charge is 2.20. The van der Waals surface area contributed by atoms with Gasteiger partial charge in [0.15, 0.2) is 10.3 Å². The third-order valence-electron chi connectivity index (χ3n) is 3.62. The maximum absolute atomic E-state index is 12.2. The van der Waals surface area contributed by atoms with Gasteiger partial charge in [0.2, 0.25) is 11.8 Å². The molecule has 2 aromatic heterocycles. The van der Waals surface area contributed by atoms with Gasteiger partial charge in [-0.1, -0.05) is 30.0 Å². The Morgan fingerprint density at radius 3 is 2.70 bits per heavy atom. The summed E-state index contributed by atoms with van der Waals surface area (Å²) in [7, 11) is 1.78. The standard InChI is InChI=1S/C17H18N6O2S2/c1-11(15(25)20-16-18-8-9-26-16)27-17-22-21-13(23(17)2)10-14(24)19-12-6-4-3-5-7-12/h3-9,11H,10H2,1-2H3,(H,19,24)(H,18,20,25)/t11-/m1/s1. The number of thioether (sulfide) groups is 1. The zero-order chi connectivity index (χ0) is 19.2. The largest absolute Gasteiger partial charge is 0.326 e. The first-order valence-corrected chi connectivity index (χ1v) is 9.89. The van der Waals surface area contributed by atoms with Crippen LogP contribution in [0.1, 0.15) is 12.7 Å². The van der Waals surface area contributed by atoms with E-state index in [9.17, 15) is 9.59 Å². The molecule has 0 spiro atoms. The van der Waals surface area contributed by atoms with Crippen LogP contribution in [0.4, 0.5) is 10.8 Å². The molecule has 8 nitrogen and oxygen atoms in total. The van der Waals surface area contributed by atoms with E-state index in [1.165, 1.54) is 23.1 Å². The minimum Gasteiger partial charge on any atom is -0.326 e. The summed E-state index contributed by atoms with van der Waals surface area (Å²) in [4.78, 5) is 28.4. The van der Waals surface area contributed by atoms with E-state index in [0.717, 1.165) is 5.69 Å². The predicted octanol–water partition coefficient (Wildman–Crippen LogP) is 2.57. The first kappa shape index (κ1) is 19.1. The molecule has 0 saturated carbocycles. The number of rotatable bonds is 7. The predicted molar refractivity (Wildman–Crippen MR) is 106 cm³/mol. The van der Waals surface area contributed by atoms with Crippen molar-refractivity contribution in [1.29, 1.82) is 0 Å². The molecule has 1 aromatic carbocycles. The van der Waals surface area contributed by atoms with Gasteiger partial charge in [0.25, 0.3) is 0 Å². The molecule has 0 unspecified atom stereocenters. The lowest BCUT2D eigenvalue weighted by Crippen LogP contribution is -2.22. The Hall–Kier alpha value is -2.72. The van der Waals surface area contributed by atoms with Crippen LogP contribution in [0.15, 0.2) is 47.1 Å². The molecule has 0 fully saturated rings. The number of benzene rings is 1. The van der Waals surface area contributed by atoms with E-state index in [0.29, 0.717) is 16.1 Å². The van der Waals surface area contributed by atoms with Gasteiger partial charge in [-0.05, 0) is 19.1 Å². The van der Waals surface area contributed by atoms with Gasteiger partial charge in [-0.15, -0.1) is 21.5 Å². The van der Waals surface area contributed by atoms with E-state index in [-0.39, 0.29) is 23.5 Å². The van der Waals surface area contributed by atoms with Gasteiger partial charge in [-0.2, -0.15) is 0 Å². The second-order valence-corrected chi connectivity index (χ2v) is 7.84. The molecular formula is C17H18N6O2S2. The summed E-state index contributed by atoms with van der Waals surface area (Å²) in [5, 5.41) is 16.3. The van der Waals surface area contributed by atoms with Crippen LogP contribution in [0.2, 0.25) is 0 Å². The number of nitrogens with one attached hydrogen (secondary N) is 2. The molecule has 2 amide bonds. The maximum Gasteiger partial charge on any atom is 0.239 e. The minimum atomic E-state index is -0.386. The van der Waals surface area contributed by atoms with Crippen molar-refractivity contribution in [2.45, 2.75) is 23.8 Å². The van der Waals surface area contributed by atoms with Gasteiger partial charge < -0.3 is 15.2 Å². The Bertz CT molecular complexity index is 911. The number of carbonyl (C=O) groups is 2. The molecule has 3 aromatic rings. The number of aromatic nitrogens is 4. The first-order valence-electron chi connectivity index (χ1n) is 8.13. The van der Waals surface area contributed by atoms with Crippen molar-refractivity contribution >= 4 is 45.7 Å². The fourth-order valence-corrected chi connectivity index (χ4v) is 3.54. The molecule has 140 valence electrons. The van der Waals surface area contributed by atoms with E-state index < -0.39 is 0 Å². The molecule has 1 atom stereocenters. The lowest BCUT2D eigenvalue weighted by atomic mass is 10.3. The normalized spacial score (nSPS) is 11.8. The van der Waals surface area contributed by atoms with Crippen LogP contribution >= 0.6 is 23.1 Å². The average molecular weight is 403 g/mol. The summed E-state index contributed by atoms with van der Waals surface area (Å²) in [6, 6.07) is 9.22. The van der Waals surface area contributed by atoms with Crippen LogP contribution in [0.25, 0.3) is 0 Å². The number of anilines is 2. The molecule has 0 saturated heterocycles. The molecule has 27 heavy (non-hydrogen) atoms. The van der Waals surface area contributed by atoms with Gasteiger partial charge in [0.05, 0.1) is 11.7 Å². The quantitative estimate of drug-likeness (QED) is 0.589. The van der Waals surface area contributed by atoms with Gasteiger partial charge in [-0.3, -0.25) is 9.59 Å². The Kier molecular flexibility index (Phi) is 6.20. The van der Waals surface area contributed by atoms with Crippen LogP contribution in [0.5, 0.6) is 0 Å². The summed E-state index contributed by atoms with van der Waals surface area (Å²) in [5.74, 6) is 0.183. The summed E-state index contributed by atoms with van der Waals surface area (Å²) < 4.78 is 1.72.